The van der Waals surface area contributed by atoms with Gasteiger partial charge in [0.2, 0.25) is 0 Å². The van der Waals surface area contributed by atoms with E-state index in [4.69, 9.17) is 4.98 Å². The number of aromatic nitrogens is 1. The Morgan fingerprint density at radius 3 is 2.78 bits per heavy atom. The highest BCUT2D eigenvalue weighted by atomic mass is 14.7. The molecule has 1 nitrogen and oxygen atoms in total. The first-order chi connectivity index (χ1) is 8.83. The Labute approximate surface area is 108 Å². The van der Waals surface area contributed by atoms with E-state index in [1.54, 1.807) is 11.1 Å². The predicted octanol–water partition coefficient (Wildman–Crippen LogP) is 4.30. The molecule has 1 heterocycles. The lowest BCUT2D eigenvalue weighted by Gasteiger charge is -2.20. The van der Waals surface area contributed by atoms with Gasteiger partial charge in [-0.25, -0.2) is 0 Å². The summed E-state index contributed by atoms with van der Waals surface area (Å²) in [5, 5.41) is 1.43. The molecule has 0 unspecified atom stereocenters. The van der Waals surface area contributed by atoms with Crippen LogP contribution >= 0.6 is 0 Å². The third-order valence-corrected chi connectivity index (χ3v) is 4.45. The molecule has 2 aliphatic carbocycles. The monoisotopic (exact) mass is 237 g/mol. The first kappa shape index (κ1) is 10.5. The molecule has 0 amide bonds. The minimum atomic E-state index is 0.838. The molecule has 0 bridgehead atoms. The van der Waals surface area contributed by atoms with Gasteiger partial charge in [0.25, 0.3) is 0 Å². The lowest BCUT2D eigenvalue weighted by atomic mass is 9.87. The Morgan fingerprint density at radius 1 is 1.11 bits per heavy atom. The van der Waals surface area contributed by atoms with Crippen LogP contribution in [0.4, 0.5) is 0 Å². The number of fused-ring (bicyclic) bond motifs is 2. The molecule has 2 aliphatic rings. The fourth-order valence-corrected chi connectivity index (χ4v) is 3.41. The zero-order valence-corrected chi connectivity index (χ0v) is 11.0. The van der Waals surface area contributed by atoms with Crippen molar-refractivity contribution in [1.82, 2.24) is 4.98 Å². The molecular weight excluding hydrogens is 218 g/mol. The molecule has 0 saturated heterocycles. The second-order valence-corrected chi connectivity index (χ2v) is 5.95. The molecule has 0 atom stereocenters. The van der Waals surface area contributed by atoms with E-state index in [0.717, 1.165) is 5.92 Å². The zero-order valence-electron chi connectivity index (χ0n) is 11.0. The van der Waals surface area contributed by atoms with Crippen LogP contribution in [-0.4, -0.2) is 4.98 Å². The van der Waals surface area contributed by atoms with Crippen LogP contribution in [0.3, 0.4) is 0 Å². The fraction of sp³-hybridized carbons (Fsp3) is 0.471. The Bertz CT molecular complexity index is 623. The number of nitrogens with zero attached hydrogens (tertiary/aromatic N) is 1. The zero-order chi connectivity index (χ0) is 12.1. The van der Waals surface area contributed by atoms with Crippen LogP contribution < -0.4 is 0 Å². The number of pyridine rings is 1. The van der Waals surface area contributed by atoms with E-state index in [2.05, 4.69) is 25.1 Å². The second-order valence-electron chi connectivity index (χ2n) is 5.95. The van der Waals surface area contributed by atoms with Crippen molar-refractivity contribution in [1.29, 1.82) is 0 Å². The maximum Gasteiger partial charge on any atom is 0.0711 e. The summed E-state index contributed by atoms with van der Waals surface area (Å²) in [6, 6.07) is 6.81. The van der Waals surface area contributed by atoms with Gasteiger partial charge < -0.3 is 0 Å². The highest BCUT2D eigenvalue weighted by Crippen LogP contribution is 2.46. The van der Waals surface area contributed by atoms with Gasteiger partial charge in [-0.3, -0.25) is 4.98 Å². The Balaban J connectivity index is 2.06. The molecular formula is C17H19N. The fourth-order valence-electron chi connectivity index (χ4n) is 3.41. The van der Waals surface area contributed by atoms with Crippen molar-refractivity contribution in [2.75, 3.05) is 0 Å². The normalized spacial score (nSPS) is 18.9. The maximum absolute atomic E-state index is 4.95. The molecule has 1 aromatic heterocycles. The summed E-state index contributed by atoms with van der Waals surface area (Å²) < 4.78 is 0. The molecule has 1 aromatic carbocycles. The summed E-state index contributed by atoms with van der Waals surface area (Å²) in [6.07, 6.45) is 7.91. The van der Waals surface area contributed by atoms with Crippen molar-refractivity contribution < 1.29 is 0 Å². The summed E-state index contributed by atoms with van der Waals surface area (Å²) in [5.74, 6) is 0.838. The van der Waals surface area contributed by atoms with Crippen LogP contribution in [0.15, 0.2) is 18.2 Å². The molecule has 4 rings (SSSR count). The third kappa shape index (κ3) is 1.57. The van der Waals surface area contributed by atoms with Crippen LogP contribution in [0.25, 0.3) is 10.9 Å². The standard InChI is InChI=1S/C17H19N/c1-11-6-9-14-16(10-11)18-15-5-3-2-4-13(15)17(14)12-7-8-12/h6,9-10,12H,2-5,7-8H2,1H3. The van der Waals surface area contributed by atoms with Crippen LogP contribution in [-0.2, 0) is 12.8 Å². The van der Waals surface area contributed by atoms with Gasteiger partial charge in [0, 0.05) is 11.1 Å². The lowest BCUT2D eigenvalue weighted by molar-refractivity contribution is 0.664. The molecule has 0 N–H and O–H groups in total. The van der Waals surface area contributed by atoms with Gasteiger partial charge in [-0.05, 0) is 74.1 Å². The number of benzene rings is 1. The van der Waals surface area contributed by atoms with Crippen molar-refractivity contribution in [2.45, 2.75) is 51.4 Å². The van der Waals surface area contributed by atoms with Crippen LogP contribution in [0.1, 0.15) is 54.0 Å². The number of hydrogen-bond acceptors (Lipinski definition) is 1. The summed E-state index contributed by atoms with van der Waals surface area (Å²) >= 11 is 0. The van der Waals surface area contributed by atoms with E-state index in [1.165, 1.54) is 60.7 Å². The third-order valence-electron chi connectivity index (χ3n) is 4.45. The first-order valence-electron chi connectivity index (χ1n) is 7.25. The highest BCUT2D eigenvalue weighted by molar-refractivity contribution is 5.85. The van der Waals surface area contributed by atoms with Gasteiger partial charge in [-0.2, -0.15) is 0 Å². The maximum atomic E-state index is 4.95. The van der Waals surface area contributed by atoms with E-state index >= 15 is 0 Å². The number of aryl methyl sites for hydroxylation is 2. The van der Waals surface area contributed by atoms with Crippen molar-refractivity contribution in [3.05, 3.63) is 40.6 Å². The van der Waals surface area contributed by atoms with E-state index < -0.39 is 0 Å². The molecule has 18 heavy (non-hydrogen) atoms. The Kier molecular flexibility index (Phi) is 2.23. The van der Waals surface area contributed by atoms with Crippen molar-refractivity contribution in [3.63, 3.8) is 0 Å². The molecule has 1 saturated carbocycles. The highest BCUT2D eigenvalue weighted by Gasteiger charge is 2.30. The average molecular weight is 237 g/mol. The van der Waals surface area contributed by atoms with Gasteiger partial charge in [0.05, 0.1) is 5.52 Å². The van der Waals surface area contributed by atoms with Gasteiger partial charge >= 0.3 is 0 Å². The second kappa shape index (κ2) is 3.81. The predicted molar refractivity (Wildman–Crippen MR) is 75.1 cm³/mol. The largest absolute Gasteiger partial charge is 0.253 e. The number of hydrogen-bond donors (Lipinski definition) is 0. The van der Waals surface area contributed by atoms with Crippen molar-refractivity contribution >= 4 is 10.9 Å². The molecule has 1 fully saturated rings. The molecule has 0 radical (unpaired) electrons. The number of rotatable bonds is 1. The van der Waals surface area contributed by atoms with E-state index in [-0.39, 0.29) is 0 Å². The van der Waals surface area contributed by atoms with Gasteiger partial charge in [-0.15, -0.1) is 0 Å². The van der Waals surface area contributed by atoms with Crippen LogP contribution in [0.2, 0.25) is 0 Å². The smallest absolute Gasteiger partial charge is 0.0711 e. The van der Waals surface area contributed by atoms with Gasteiger partial charge in [0.15, 0.2) is 0 Å². The Morgan fingerprint density at radius 2 is 1.94 bits per heavy atom. The van der Waals surface area contributed by atoms with E-state index in [0.29, 0.717) is 0 Å². The molecule has 92 valence electrons. The van der Waals surface area contributed by atoms with Crippen LogP contribution in [0, 0.1) is 6.92 Å². The van der Waals surface area contributed by atoms with Crippen molar-refractivity contribution in [2.24, 2.45) is 0 Å². The quantitative estimate of drug-likeness (QED) is 0.720. The van der Waals surface area contributed by atoms with Crippen molar-refractivity contribution in [3.8, 4) is 0 Å². The summed E-state index contributed by atoms with van der Waals surface area (Å²) in [6.45, 7) is 2.16. The summed E-state index contributed by atoms with van der Waals surface area (Å²) in [7, 11) is 0. The topological polar surface area (TPSA) is 12.9 Å². The van der Waals surface area contributed by atoms with Gasteiger partial charge in [-0.1, -0.05) is 12.1 Å². The Hall–Kier alpha value is -1.37. The first-order valence-corrected chi connectivity index (χ1v) is 7.25. The molecule has 0 aliphatic heterocycles. The summed E-state index contributed by atoms with van der Waals surface area (Å²) in [5.41, 5.74) is 7.24. The average Bonchev–Trinajstić information content (AvgIpc) is 3.20. The molecule has 0 spiro atoms. The summed E-state index contributed by atoms with van der Waals surface area (Å²) in [4.78, 5) is 4.95. The molecule has 1 heteroatoms. The van der Waals surface area contributed by atoms with Crippen LogP contribution in [0.5, 0.6) is 0 Å². The SMILES string of the molecule is Cc1ccc2c(C3CC3)c3c(nc2c1)CCCC3. The minimum Gasteiger partial charge on any atom is -0.253 e. The van der Waals surface area contributed by atoms with Gasteiger partial charge in [0.1, 0.15) is 0 Å². The molecule has 2 aromatic rings. The van der Waals surface area contributed by atoms with E-state index in [1.807, 2.05) is 0 Å². The lowest BCUT2D eigenvalue weighted by Crippen LogP contribution is -2.09. The van der Waals surface area contributed by atoms with E-state index in [9.17, 15) is 0 Å². The minimum absolute atomic E-state index is 0.838.